The highest BCUT2D eigenvalue weighted by Gasteiger charge is 2.41. The minimum absolute atomic E-state index is 0.128. The van der Waals surface area contributed by atoms with Crippen molar-refractivity contribution < 1.29 is 13.6 Å². The van der Waals surface area contributed by atoms with Gasteiger partial charge in [-0.1, -0.05) is 58.4 Å². The maximum atomic E-state index is 14.7. The van der Waals surface area contributed by atoms with E-state index in [1.807, 2.05) is 71.6 Å². The Morgan fingerprint density at radius 2 is 1.88 bits per heavy atom. The number of pyridine rings is 1. The summed E-state index contributed by atoms with van der Waals surface area (Å²) in [5.41, 5.74) is 1.91. The maximum Gasteiger partial charge on any atom is 0.226 e. The molecule has 5 aromatic rings. The summed E-state index contributed by atoms with van der Waals surface area (Å²) in [5, 5.41) is 8.93. The predicted octanol–water partition coefficient (Wildman–Crippen LogP) is 7.40. The lowest BCUT2D eigenvalue weighted by atomic mass is 10.0. The quantitative estimate of drug-likeness (QED) is 0.186. The van der Waals surface area contributed by atoms with Gasteiger partial charge in [0.1, 0.15) is 23.4 Å². The molecule has 6 rings (SSSR count). The summed E-state index contributed by atoms with van der Waals surface area (Å²) in [7, 11) is 0. The number of rotatable bonds is 7. The number of fused-ring (bicyclic) bond motifs is 1. The molecular formula is C31H24BrFN4O2S. The summed E-state index contributed by atoms with van der Waals surface area (Å²) in [6.07, 6.45) is 1.92. The van der Waals surface area contributed by atoms with Crippen LogP contribution in [-0.2, 0) is 4.79 Å². The molecule has 1 aliphatic rings. The molecule has 2 aromatic heterocycles. The number of carbonyl (C=O) groups is 1. The Labute approximate surface area is 244 Å². The topological polar surface area (TPSA) is 70.4 Å². The first kappa shape index (κ1) is 26.2. The Bertz CT molecular complexity index is 1710. The van der Waals surface area contributed by atoms with Gasteiger partial charge >= 0.3 is 0 Å². The number of anilines is 1. The van der Waals surface area contributed by atoms with E-state index >= 15 is 0 Å². The molecule has 2 atom stereocenters. The number of hydrogen-bond donors (Lipinski definition) is 2. The molecule has 40 heavy (non-hydrogen) atoms. The van der Waals surface area contributed by atoms with Crippen LogP contribution in [0.25, 0.3) is 22.1 Å². The molecule has 1 saturated heterocycles. The lowest BCUT2D eigenvalue weighted by Crippen LogP contribution is -2.32. The first-order valence-electron chi connectivity index (χ1n) is 12.8. The third-order valence-corrected chi connectivity index (χ3v) is 7.80. The molecule has 1 aliphatic heterocycles. The van der Waals surface area contributed by atoms with Crippen molar-refractivity contribution in [3.8, 4) is 11.3 Å². The number of aromatic nitrogens is 1. The van der Waals surface area contributed by atoms with Gasteiger partial charge in [0, 0.05) is 34.7 Å². The van der Waals surface area contributed by atoms with Gasteiger partial charge < -0.3 is 20.0 Å². The van der Waals surface area contributed by atoms with Crippen LogP contribution >= 0.6 is 28.1 Å². The molecule has 0 bridgehead atoms. The summed E-state index contributed by atoms with van der Waals surface area (Å²) >= 11 is 9.02. The van der Waals surface area contributed by atoms with Gasteiger partial charge in [0.25, 0.3) is 0 Å². The highest BCUT2D eigenvalue weighted by atomic mass is 79.9. The lowest BCUT2D eigenvalue weighted by molar-refractivity contribution is -0.116. The molecule has 200 valence electrons. The van der Waals surface area contributed by atoms with Gasteiger partial charge in [0.2, 0.25) is 5.91 Å². The van der Waals surface area contributed by atoms with Crippen LogP contribution in [0.3, 0.4) is 0 Å². The smallest absolute Gasteiger partial charge is 0.226 e. The number of furan rings is 1. The van der Waals surface area contributed by atoms with Crippen LogP contribution in [0.15, 0.2) is 106 Å². The Kier molecular flexibility index (Phi) is 7.32. The standard InChI is InChI=1S/C31H24BrFN4O2S/c32-20-11-12-22(23(33)18-20)26-13-14-27(39-26)30-29(25-9-3-4-16-34-25)36-31(40)37(30)17-15-28(38)35-24-10-5-7-19-6-1-2-8-21(19)24/h1-14,16,18,29-30H,15,17H2,(H,35,38)(H,36,40)/t29-,30+/m1/s1. The van der Waals surface area contributed by atoms with Gasteiger partial charge in [0.15, 0.2) is 5.11 Å². The van der Waals surface area contributed by atoms with Crippen molar-refractivity contribution in [1.82, 2.24) is 15.2 Å². The molecule has 0 saturated carbocycles. The summed E-state index contributed by atoms with van der Waals surface area (Å²) in [6, 6.07) is 27.2. The largest absolute Gasteiger partial charge is 0.459 e. The molecule has 6 nitrogen and oxygen atoms in total. The van der Waals surface area contributed by atoms with Gasteiger partial charge in [-0.25, -0.2) is 4.39 Å². The molecule has 1 amide bonds. The van der Waals surface area contributed by atoms with Gasteiger partial charge in [-0.05, 0) is 66.1 Å². The van der Waals surface area contributed by atoms with Crippen LogP contribution in [0, 0.1) is 5.82 Å². The Balaban J connectivity index is 1.26. The van der Waals surface area contributed by atoms with E-state index < -0.39 is 5.82 Å². The van der Waals surface area contributed by atoms with Crippen LogP contribution in [0.4, 0.5) is 10.1 Å². The van der Waals surface area contributed by atoms with Crippen molar-refractivity contribution in [3.63, 3.8) is 0 Å². The van der Waals surface area contributed by atoms with Crippen molar-refractivity contribution >= 4 is 55.6 Å². The van der Waals surface area contributed by atoms with Crippen molar-refractivity contribution in [2.24, 2.45) is 0 Å². The van der Waals surface area contributed by atoms with Crippen LogP contribution in [0.2, 0.25) is 0 Å². The fourth-order valence-electron chi connectivity index (χ4n) is 5.07. The van der Waals surface area contributed by atoms with E-state index in [1.54, 1.807) is 24.4 Å². The summed E-state index contributed by atoms with van der Waals surface area (Å²) in [6.45, 7) is 0.346. The SMILES string of the molecule is O=C(CCN1C(=S)N[C@H](c2ccccn2)[C@@H]1c1ccc(-c2ccc(Br)cc2F)o1)Nc1cccc2ccccc12. The van der Waals surface area contributed by atoms with E-state index in [4.69, 9.17) is 16.6 Å². The van der Waals surface area contributed by atoms with Gasteiger partial charge in [-0.2, -0.15) is 0 Å². The minimum atomic E-state index is -0.390. The summed E-state index contributed by atoms with van der Waals surface area (Å²) < 4.78 is 21.6. The average molecular weight is 616 g/mol. The van der Waals surface area contributed by atoms with Crippen LogP contribution in [0.5, 0.6) is 0 Å². The zero-order chi connectivity index (χ0) is 27.6. The Morgan fingerprint density at radius 3 is 2.70 bits per heavy atom. The highest BCUT2D eigenvalue weighted by Crippen LogP contribution is 2.41. The first-order valence-corrected chi connectivity index (χ1v) is 14.0. The molecule has 9 heteroatoms. The molecule has 1 fully saturated rings. The minimum Gasteiger partial charge on any atom is -0.459 e. The predicted molar refractivity (Wildman–Crippen MR) is 161 cm³/mol. The molecule has 3 heterocycles. The van der Waals surface area contributed by atoms with Gasteiger partial charge in [0.05, 0.1) is 17.3 Å². The van der Waals surface area contributed by atoms with Crippen molar-refractivity contribution in [1.29, 1.82) is 0 Å². The molecule has 0 spiro atoms. The van der Waals surface area contributed by atoms with Crippen molar-refractivity contribution in [2.45, 2.75) is 18.5 Å². The van der Waals surface area contributed by atoms with E-state index in [0.29, 0.717) is 33.2 Å². The number of nitrogens with zero attached hydrogens (tertiary/aromatic N) is 2. The third-order valence-electron chi connectivity index (χ3n) is 6.96. The van der Waals surface area contributed by atoms with Crippen LogP contribution < -0.4 is 10.6 Å². The second-order valence-electron chi connectivity index (χ2n) is 9.47. The van der Waals surface area contributed by atoms with Crippen molar-refractivity contribution in [2.75, 3.05) is 11.9 Å². The number of nitrogens with one attached hydrogen (secondary N) is 2. The number of halogens is 2. The van der Waals surface area contributed by atoms with Crippen LogP contribution in [0.1, 0.15) is 30.0 Å². The van der Waals surface area contributed by atoms with E-state index in [2.05, 4.69) is 31.5 Å². The average Bonchev–Trinajstić information content (AvgIpc) is 3.57. The monoisotopic (exact) mass is 614 g/mol. The zero-order valence-corrected chi connectivity index (χ0v) is 23.6. The van der Waals surface area contributed by atoms with Gasteiger partial charge in [-0.3, -0.25) is 9.78 Å². The normalized spacial score (nSPS) is 16.8. The van der Waals surface area contributed by atoms with E-state index in [9.17, 15) is 9.18 Å². The van der Waals surface area contributed by atoms with Crippen molar-refractivity contribution in [3.05, 3.63) is 119 Å². The van der Waals surface area contributed by atoms with E-state index in [0.717, 1.165) is 22.2 Å². The van der Waals surface area contributed by atoms with Crippen LogP contribution in [-0.4, -0.2) is 27.4 Å². The molecule has 0 radical (unpaired) electrons. The molecule has 3 aromatic carbocycles. The Morgan fingerprint density at radius 1 is 1.05 bits per heavy atom. The zero-order valence-electron chi connectivity index (χ0n) is 21.2. The first-order chi connectivity index (χ1) is 19.5. The second-order valence-corrected chi connectivity index (χ2v) is 10.8. The van der Waals surface area contributed by atoms with Gasteiger partial charge in [-0.15, -0.1) is 0 Å². The number of amides is 1. The highest BCUT2D eigenvalue weighted by molar-refractivity contribution is 9.10. The molecular weight excluding hydrogens is 591 g/mol. The number of benzene rings is 3. The molecule has 0 aliphatic carbocycles. The molecule has 2 N–H and O–H groups in total. The number of carbonyl (C=O) groups excluding carboxylic acids is 1. The Hall–Kier alpha value is -4.08. The fourth-order valence-corrected chi connectivity index (χ4v) is 5.74. The fraction of sp³-hybridized carbons (Fsp3) is 0.129. The maximum absolute atomic E-state index is 14.7. The second kappa shape index (κ2) is 11.2. The lowest BCUT2D eigenvalue weighted by Gasteiger charge is -2.26. The summed E-state index contributed by atoms with van der Waals surface area (Å²) in [4.78, 5) is 19.6. The van der Waals surface area contributed by atoms with E-state index in [1.165, 1.54) is 6.07 Å². The molecule has 0 unspecified atom stereocenters. The number of thiocarbonyl (C=S) groups is 1. The summed E-state index contributed by atoms with van der Waals surface area (Å²) in [5.74, 6) is 0.482. The van der Waals surface area contributed by atoms with E-state index in [-0.39, 0.29) is 24.4 Å². The third kappa shape index (κ3) is 5.22. The number of hydrogen-bond acceptors (Lipinski definition) is 4.